The van der Waals surface area contributed by atoms with Crippen LogP contribution in [0.5, 0.6) is 5.88 Å². The molecule has 0 unspecified atom stereocenters. The number of thiazole rings is 1. The molecule has 8 heteroatoms. The Labute approximate surface area is 155 Å². The molecule has 1 saturated heterocycles. The molecule has 3 heterocycles. The Morgan fingerprint density at radius 2 is 2.04 bits per heavy atom. The Balaban J connectivity index is 1.72. The molecule has 0 spiro atoms. The quantitative estimate of drug-likeness (QED) is 0.627. The van der Waals surface area contributed by atoms with E-state index < -0.39 is 0 Å². The predicted molar refractivity (Wildman–Crippen MR) is 98.2 cm³/mol. The molecule has 2 aromatic heterocycles. The first-order chi connectivity index (χ1) is 12.5. The molecular formula is C18H22N5O2S+. The molecule has 1 atom stereocenters. The number of quaternary nitrogens is 1. The minimum Gasteiger partial charge on any atom is -0.492 e. The summed E-state index contributed by atoms with van der Waals surface area (Å²) in [5.41, 5.74) is 7.82. The second-order valence-electron chi connectivity index (χ2n) is 6.92. The van der Waals surface area contributed by atoms with Crippen LogP contribution in [0.15, 0.2) is 30.6 Å². The van der Waals surface area contributed by atoms with E-state index in [0.29, 0.717) is 4.96 Å². The zero-order valence-corrected chi connectivity index (χ0v) is 15.4. The molecule has 1 aliphatic rings. The van der Waals surface area contributed by atoms with Gasteiger partial charge in [-0.15, -0.1) is 0 Å². The van der Waals surface area contributed by atoms with Crippen LogP contribution in [0, 0.1) is 12.8 Å². The molecule has 0 saturated carbocycles. The summed E-state index contributed by atoms with van der Waals surface area (Å²) in [6.45, 7) is 3.73. The summed E-state index contributed by atoms with van der Waals surface area (Å²) in [7, 11) is 0. The number of likely N-dealkylation sites (tertiary alicyclic amines) is 1. The SMILES string of the molecule is Cc1ccc([C@@H](c2sc3ncnn3c2O)[NH+]2CCC(C(N)=O)CC2)cc1. The zero-order valence-electron chi connectivity index (χ0n) is 14.6. The van der Waals surface area contributed by atoms with Gasteiger partial charge in [-0.05, 0) is 6.92 Å². The second kappa shape index (κ2) is 6.69. The van der Waals surface area contributed by atoms with Gasteiger partial charge in [0.05, 0.1) is 13.1 Å². The summed E-state index contributed by atoms with van der Waals surface area (Å²) >= 11 is 1.47. The van der Waals surface area contributed by atoms with E-state index in [1.165, 1.54) is 32.6 Å². The van der Waals surface area contributed by atoms with Gasteiger partial charge in [-0.25, -0.2) is 4.98 Å². The van der Waals surface area contributed by atoms with Gasteiger partial charge in [0.1, 0.15) is 11.2 Å². The molecule has 0 radical (unpaired) electrons. The number of carbonyl (C=O) groups is 1. The Morgan fingerprint density at radius 1 is 1.35 bits per heavy atom. The Morgan fingerprint density at radius 3 is 2.65 bits per heavy atom. The Kier molecular flexibility index (Phi) is 4.37. The number of nitrogens with one attached hydrogen (secondary N) is 1. The number of primary amides is 1. The normalized spacial score (nSPS) is 21.7. The number of fused-ring (bicyclic) bond motifs is 1. The first-order valence-electron chi connectivity index (χ1n) is 8.76. The smallest absolute Gasteiger partial charge is 0.235 e. The van der Waals surface area contributed by atoms with Crippen LogP contribution in [0.2, 0.25) is 0 Å². The van der Waals surface area contributed by atoms with Crippen LogP contribution in [0.25, 0.3) is 4.96 Å². The maximum Gasteiger partial charge on any atom is 0.235 e. The van der Waals surface area contributed by atoms with Crippen LogP contribution < -0.4 is 10.6 Å². The van der Waals surface area contributed by atoms with Gasteiger partial charge in [0.25, 0.3) is 0 Å². The van der Waals surface area contributed by atoms with Crippen molar-refractivity contribution in [2.45, 2.75) is 25.8 Å². The molecule has 0 bridgehead atoms. The van der Waals surface area contributed by atoms with Gasteiger partial charge in [0.15, 0.2) is 6.04 Å². The number of nitrogens with two attached hydrogens (primary N) is 1. The zero-order chi connectivity index (χ0) is 18.3. The fourth-order valence-corrected chi connectivity index (χ4v) is 4.89. The number of hydrogen-bond donors (Lipinski definition) is 3. The van der Waals surface area contributed by atoms with Crippen LogP contribution in [0.1, 0.15) is 34.9 Å². The highest BCUT2D eigenvalue weighted by Crippen LogP contribution is 2.35. The summed E-state index contributed by atoms with van der Waals surface area (Å²) in [5.74, 6) is -0.108. The van der Waals surface area contributed by atoms with Crippen molar-refractivity contribution in [1.29, 1.82) is 0 Å². The number of aryl methyl sites for hydroxylation is 1. The van der Waals surface area contributed by atoms with Crippen molar-refractivity contribution in [2.75, 3.05) is 13.1 Å². The lowest BCUT2D eigenvalue weighted by Crippen LogP contribution is -3.13. The Bertz CT molecular complexity index is 925. The third-order valence-electron chi connectivity index (χ3n) is 5.25. The summed E-state index contributed by atoms with van der Waals surface area (Å²) in [6, 6.07) is 8.39. The van der Waals surface area contributed by atoms with E-state index in [1.807, 2.05) is 0 Å². The van der Waals surface area contributed by atoms with Crippen molar-refractivity contribution in [1.82, 2.24) is 14.6 Å². The number of hydrogen-bond acceptors (Lipinski definition) is 5. The van der Waals surface area contributed by atoms with E-state index in [2.05, 4.69) is 41.3 Å². The first-order valence-corrected chi connectivity index (χ1v) is 9.58. The van der Waals surface area contributed by atoms with Crippen LogP contribution in [0.3, 0.4) is 0 Å². The number of piperidine rings is 1. The highest BCUT2D eigenvalue weighted by atomic mass is 32.1. The molecule has 3 aromatic rings. The van der Waals surface area contributed by atoms with Gasteiger partial charge in [-0.2, -0.15) is 9.61 Å². The largest absolute Gasteiger partial charge is 0.492 e. The third kappa shape index (κ3) is 2.95. The van der Waals surface area contributed by atoms with Crippen molar-refractivity contribution in [3.63, 3.8) is 0 Å². The molecule has 1 aliphatic heterocycles. The molecular weight excluding hydrogens is 350 g/mol. The minimum absolute atomic E-state index is 0.0158. The molecule has 7 nitrogen and oxygen atoms in total. The number of rotatable bonds is 4. The van der Waals surface area contributed by atoms with Crippen LogP contribution >= 0.6 is 11.3 Å². The number of carbonyl (C=O) groups excluding carboxylic acids is 1. The number of nitrogens with zero attached hydrogens (tertiary/aromatic N) is 3. The topological polar surface area (TPSA) is 97.9 Å². The predicted octanol–water partition coefficient (Wildman–Crippen LogP) is 0.674. The van der Waals surface area contributed by atoms with Gasteiger partial charge in [0, 0.05) is 24.3 Å². The van der Waals surface area contributed by atoms with Gasteiger partial charge >= 0.3 is 0 Å². The molecule has 1 aromatic carbocycles. The maximum atomic E-state index is 11.5. The van der Waals surface area contributed by atoms with Gasteiger partial charge < -0.3 is 15.7 Å². The molecule has 0 aliphatic carbocycles. The van der Waals surface area contributed by atoms with E-state index in [0.717, 1.165) is 36.4 Å². The average Bonchev–Trinajstić information content (AvgIpc) is 3.21. The van der Waals surface area contributed by atoms with E-state index in [9.17, 15) is 9.90 Å². The van der Waals surface area contributed by atoms with Crippen LogP contribution in [-0.4, -0.2) is 38.7 Å². The van der Waals surface area contributed by atoms with E-state index in [1.54, 1.807) is 0 Å². The first kappa shape index (κ1) is 17.0. The van der Waals surface area contributed by atoms with Crippen molar-refractivity contribution in [2.24, 2.45) is 11.7 Å². The highest BCUT2D eigenvalue weighted by molar-refractivity contribution is 7.17. The molecule has 136 valence electrons. The lowest BCUT2D eigenvalue weighted by molar-refractivity contribution is -0.930. The van der Waals surface area contributed by atoms with Crippen molar-refractivity contribution in [3.05, 3.63) is 46.6 Å². The van der Waals surface area contributed by atoms with Crippen molar-refractivity contribution >= 4 is 22.2 Å². The molecule has 26 heavy (non-hydrogen) atoms. The van der Waals surface area contributed by atoms with E-state index in [4.69, 9.17) is 5.73 Å². The summed E-state index contributed by atoms with van der Waals surface area (Å²) < 4.78 is 1.48. The summed E-state index contributed by atoms with van der Waals surface area (Å²) in [5, 5.41) is 14.8. The number of amides is 1. The van der Waals surface area contributed by atoms with Crippen molar-refractivity contribution < 1.29 is 14.8 Å². The fraction of sp³-hybridized carbons (Fsp3) is 0.389. The molecule has 4 N–H and O–H groups in total. The number of aromatic hydroxyl groups is 1. The van der Waals surface area contributed by atoms with E-state index >= 15 is 0 Å². The standard InChI is InChI=1S/C18H21N5O2S/c1-11-2-4-12(5-3-11)14(22-8-6-13(7-9-22)16(19)24)15-17(25)23-18(26-15)20-10-21-23/h2-5,10,13-14,25H,6-9H2,1H3,(H2,19,24)/p+1/t14-/m0/s1. The van der Waals surface area contributed by atoms with E-state index in [-0.39, 0.29) is 23.7 Å². The monoisotopic (exact) mass is 372 g/mol. The lowest BCUT2D eigenvalue weighted by atomic mass is 9.93. The van der Waals surface area contributed by atoms with Gasteiger partial charge in [-0.3, -0.25) is 4.79 Å². The maximum absolute atomic E-state index is 11.5. The number of benzene rings is 1. The highest BCUT2D eigenvalue weighted by Gasteiger charge is 2.36. The summed E-state index contributed by atoms with van der Waals surface area (Å²) in [6.07, 6.45) is 2.99. The molecule has 4 rings (SSSR count). The second-order valence-corrected chi connectivity index (χ2v) is 7.93. The van der Waals surface area contributed by atoms with Gasteiger partial charge in [-0.1, -0.05) is 41.2 Å². The fourth-order valence-electron chi connectivity index (χ4n) is 3.78. The Hall–Kier alpha value is -2.45. The molecule has 1 fully saturated rings. The summed E-state index contributed by atoms with van der Waals surface area (Å²) in [4.78, 5) is 18.6. The minimum atomic E-state index is -0.211. The third-order valence-corrected chi connectivity index (χ3v) is 6.35. The van der Waals surface area contributed by atoms with Crippen molar-refractivity contribution in [3.8, 4) is 5.88 Å². The van der Waals surface area contributed by atoms with Crippen LogP contribution in [-0.2, 0) is 4.79 Å². The van der Waals surface area contributed by atoms with Crippen LogP contribution in [0.4, 0.5) is 0 Å². The number of aromatic nitrogens is 3. The molecule has 1 amide bonds. The average molecular weight is 372 g/mol. The lowest BCUT2D eigenvalue weighted by Gasteiger charge is -2.33. The van der Waals surface area contributed by atoms with Gasteiger partial charge in [0.2, 0.25) is 16.7 Å².